The molecule has 2 aromatic rings. The van der Waals surface area contributed by atoms with Crippen LogP contribution in [0.25, 0.3) is 0 Å². The Balaban J connectivity index is 2.05. The number of fused-ring (bicyclic) bond motifs is 4. The number of rotatable bonds is 0. The maximum absolute atomic E-state index is 5.91. The molecule has 0 radical (unpaired) electrons. The molecule has 2 aliphatic rings. The van der Waals surface area contributed by atoms with E-state index in [1.165, 1.54) is 0 Å². The summed E-state index contributed by atoms with van der Waals surface area (Å²) in [6.45, 7) is 0. The molecule has 0 aliphatic carbocycles. The monoisotopic (exact) mass is 269 g/mol. The molecule has 0 bridgehead atoms. The Hall–Kier alpha value is -2.01. The fourth-order valence-electron chi connectivity index (χ4n) is 2.64. The number of hydrogen-bond acceptors (Lipinski definition) is 5. The van der Waals surface area contributed by atoms with Gasteiger partial charge in [0.15, 0.2) is 5.17 Å². The predicted molar refractivity (Wildman–Crippen MR) is 75.6 cm³/mol. The van der Waals surface area contributed by atoms with Crippen molar-refractivity contribution in [2.45, 2.75) is 5.54 Å². The molecule has 3 heterocycles. The number of ether oxygens (including phenoxy) is 1. The van der Waals surface area contributed by atoms with E-state index in [1.807, 2.05) is 36.4 Å². The Labute approximate surface area is 114 Å². The summed E-state index contributed by atoms with van der Waals surface area (Å²) in [5.41, 5.74) is 7.50. The normalized spacial score (nSPS) is 23.5. The smallest absolute Gasteiger partial charge is 0.225 e. The second kappa shape index (κ2) is 3.74. The van der Waals surface area contributed by atoms with Crippen LogP contribution in [0.5, 0.6) is 11.6 Å². The van der Waals surface area contributed by atoms with Gasteiger partial charge in [-0.3, -0.25) is 0 Å². The number of benzene rings is 1. The van der Waals surface area contributed by atoms with Gasteiger partial charge in [-0.05, 0) is 18.2 Å². The Morgan fingerprint density at radius 3 is 2.84 bits per heavy atom. The standard InChI is InChI=1S/C14H11N3OS/c15-13-17-14(8-19-13)9-4-1-2-6-11(9)18-12-10(14)5-3-7-16-12/h1-7H,8H2,(H2,15,17). The van der Waals surface area contributed by atoms with Crippen molar-refractivity contribution in [1.82, 2.24) is 4.98 Å². The highest BCUT2D eigenvalue weighted by molar-refractivity contribution is 8.14. The van der Waals surface area contributed by atoms with Crippen LogP contribution in [-0.2, 0) is 5.54 Å². The molecule has 0 amide bonds. The first-order valence-electron chi connectivity index (χ1n) is 6.00. The number of aliphatic imine (C=N–C) groups is 1. The topological polar surface area (TPSA) is 60.5 Å². The molecule has 1 aromatic carbocycles. The number of nitrogens with two attached hydrogens (primary N) is 1. The van der Waals surface area contributed by atoms with E-state index >= 15 is 0 Å². The lowest BCUT2D eigenvalue weighted by atomic mass is 9.83. The van der Waals surface area contributed by atoms with Gasteiger partial charge >= 0.3 is 0 Å². The van der Waals surface area contributed by atoms with Crippen molar-refractivity contribution in [3.8, 4) is 11.6 Å². The summed E-state index contributed by atoms with van der Waals surface area (Å²) >= 11 is 1.57. The Morgan fingerprint density at radius 1 is 1.16 bits per heavy atom. The van der Waals surface area contributed by atoms with Crippen LogP contribution in [0.3, 0.4) is 0 Å². The van der Waals surface area contributed by atoms with E-state index in [1.54, 1.807) is 18.0 Å². The molecule has 1 atom stereocenters. The fraction of sp³-hybridized carbons (Fsp3) is 0.143. The van der Waals surface area contributed by atoms with Crippen LogP contribution in [0.1, 0.15) is 11.1 Å². The number of para-hydroxylation sites is 1. The van der Waals surface area contributed by atoms with E-state index in [2.05, 4.69) is 4.98 Å². The summed E-state index contributed by atoms with van der Waals surface area (Å²) in [6, 6.07) is 11.9. The van der Waals surface area contributed by atoms with Crippen LogP contribution in [0.2, 0.25) is 0 Å². The van der Waals surface area contributed by atoms with Gasteiger partial charge < -0.3 is 10.5 Å². The highest BCUT2D eigenvalue weighted by Crippen LogP contribution is 2.51. The molecule has 1 aromatic heterocycles. The van der Waals surface area contributed by atoms with Crippen molar-refractivity contribution in [1.29, 1.82) is 0 Å². The van der Waals surface area contributed by atoms with E-state index in [-0.39, 0.29) is 0 Å². The number of aromatic nitrogens is 1. The molecular weight excluding hydrogens is 258 g/mol. The van der Waals surface area contributed by atoms with E-state index in [9.17, 15) is 0 Å². The van der Waals surface area contributed by atoms with Crippen LogP contribution in [-0.4, -0.2) is 15.9 Å². The summed E-state index contributed by atoms with van der Waals surface area (Å²) in [5.74, 6) is 2.23. The zero-order valence-electron chi connectivity index (χ0n) is 10.0. The van der Waals surface area contributed by atoms with Crippen molar-refractivity contribution >= 4 is 16.9 Å². The zero-order valence-corrected chi connectivity index (χ0v) is 10.9. The van der Waals surface area contributed by atoms with Crippen LogP contribution >= 0.6 is 11.8 Å². The molecular formula is C14H11N3OS. The summed E-state index contributed by atoms with van der Waals surface area (Å²) in [7, 11) is 0. The Bertz CT molecular complexity index is 653. The molecule has 0 fully saturated rings. The van der Waals surface area contributed by atoms with Gasteiger partial charge in [-0.1, -0.05) is 30.0 Å². The zero-order chi connectivity index (χ0) is 12.9. The van der Waals surface area contributed by atoms with Crippen LogP contribution < -0.4 is 10.5 Å². The molecule has 19 heavy (non-hydrogen) atoms. The maximum atomic E-state index is 5.91. The van der Waals surface area contributed by atoms with Gasteiger partial charge in [-0.15, -0.1) is 0 Å². The van der Waals surface area contributed by atoms with E-state index in [0.717, 1.165) is 22.6 Å². The minimum atomic E-state index is -0.451. The minimum absolute atomic E-state index is 0.451. The maximum Gasteiger partial charge on any atom is 0.225 e. The van der Waals surface area contributed by atoms with Crippen molar-refractivity contribution in [3.05, 3.63) is 53.7 Å². The van der Waals surface area contributed by atoms with Gasteiger partial charge in [0, 0.05) is 23.1 Å². The lowest BCUT2D eigenvalue weighted by Gasteiger charge is -2.33. The largest absolute Gasteiger partial charge is 0.438 e. The van der Waals surface area contributed by atoms with Crippen LogP contribution in [0.4, 0.5) is 0 Å². The number of nitrogens with zero attached hydrogens (tertiary/aromatic N) is 2. The average molecular weight is 269 g/mol. The molecule has 5 heteroatoms. The highest BCUT2D eigenvalue weighted by atomic mass is 32.2. The molecule has 0 saturated carbocycles. The first-order valence-corrected chi connectivity index (χ1v) is 6.99. The molecule has 4 nitrogen and oxygen atoms in total. The number of hydrogen-bond donors (Lipinski definition) is 1. The molecule has 1 unspecified atom stereocenters. The summed E-state index contributed by atoms with van der Waals surface area (Å²) < 4.78 is 5.87. The second-order valence-electron chi connectivity index (χ2n) is 4.55. The predicted octanol–water partition coefficient (Wildman–Crippen LogP) is 2.49. The number of pyridine rings is 1. The number of amidine groups is 1. The van der Waals surface area contributed by atoms with Crippen molar-refractivity contribution in [2.75, 3.05) is 5.75 Å². The van der Waals surface area contributed by atoms with E-state index < -0.39 is 5.54 Å². The third-order valence-electron chi connectivity index (χ3n) is 3.49. The van der Waals surface area contributed by atoms with E-state index in [0.29, 0.717) is 11.0 Å². The summed E-state index contributed by atoms with van der Waals surface area (Å²) in [4.78, 5) is 9.02. The minimum Gasteiger partial charge on any atom is -0.438 e. The first-order chi connectivity index (χ1) is 9.29. The van der Waals surface area contributed by atoms with Gasteiger partial charge in [0.05, 0.1) is 0 Å². The molecule has 4 rings (SSSR count). The van der Waals surface area contributed by atoms with Gasteiger partial charge in [-0.25, -0.2) is 9.98 Å². The van der Waals surface area contributed by atoms with Gasteiger partial charge in [0.2, 0.25) is 5.88 Å². The van der Waals surface area contributed by atoms with Crippen LogP contribution in [0, 0.1) is 0 Å². The quantitative estimate of drug-likeness (QED) is 0.798. The Morgan fingerprint density at radius 2 is 2.00 bits per heavy atom. The van der Waals surface area contributed by atoms with Gasteiger partial charge in [0.25, 0.3) is 0 Å². The van der Waals surface area contributed by atoms with Gasteiger partial charge in [-0.2, -0.15) is 0 Å². The van der Waals surface area contributed by atoms with E-state index in [4.69, 9.17) is 15.5 Å². The number of thioether (sulfide) groups is 1. The lowest BCUT2D eigenvalue weighted by molar-refractivity contribution is 0.400. The molecule has 2 aliphatic heterocycles. The second-order valence-corrected chi connectivity index (χ2v) is 5.55. The highest BCUT2D eigenvalue weighted by Gasteiger charge is 2.45. The SMILES string of the molecule is NC1=NC2(CS1)c1ccccc1Oc1ncccc12. The first kappa shape index (κ1) is 10.9. The molecule has 1 spiro atoms. The van der Waals surface area contributed by atoms with Crippen molar-refractivity contribution in [3.63, 3.8) is 0 Å². The third kappa shape index (κ3) is 1.42. The molecule has 0 saturated heterocycles. The summed E-state index contributed by atoms with van der Waals surface area (Å²) in [5, 5.41) is 0.617. The van der Waals surface area contributed by atoms with Crippen molar-refractivity contribution in [2.24, 2.45) is 10.7 Å². The average Bonchev–Trinajstić information content (AvgIpc) is 2.82. The molecule has 2 N–H and O–H groups in total. The van der Waals surface area contributed by atoms with Gasteiger partial charge in [0.1, 0.15) is 11.3 Å². The fourth-order valence-corrected chi connectivity index (χ4v) is 3.59. The molecule has 94 valence electrons. The third-order valence-corrected chi connectivity index (χ3v) is 4.44. The summed E-state index contributed by atoms with van der Waals surface area (Å²) in [6.07, 6.45) is 1.73. The van der Waals surface area contributed by atoms with Crippen LogP contribution in [0.15, 0.2) is 47.6 Å². The lowest BCUT2D eigenvalue weighted by Crippen LogP contribution is -2.30. The Kier molecular flexibility index (Phi) is 2.14. The van der Waals surface area contributed by atoms with Crippen molar-refractivity contribution < 1.29 is 4.74 Å².